The number of carbonyl (C=O) groups excluding carboxylic acids is 1. The molecule has 0 spiro atoms. The predicted molar refractivity (Wildman–Crippen MR) is 110 cm³/mol. The van der Waals surface area contributed by atoms with Crippen molar-refractivity contribution in [3.8, 4) is 5.75 Å². The first-order valence-corrected chi connectivity index (χ1v) is 10.9. The van der Waals surface area contributed by atoms with Crippen molar-refractivity contribution in [1.82, 2.24) is 10.2 Å². The number of nitrogens with one attached hydrogen (secondary N) is 1. The highest BCUT2D eigenvalue weighted by Crippen LogP contribution is 2.22. The van der Waals surface area contributed by atoms with E-state index in [-0.39, 0.29) is 28.8 Å². The molecule has 1 unspecified atom stereocenters. The third-order valence-corrected chi connectivity index (χ3v) is 5.62. The van der Waals surface area contributed by atoms with Crippen molar-refractivity contribution in [3.63, 3.8) is 0 Å². The number of urea groups is 1. The van der Waals surface area contributed by atoms with Crippen molar-refractivity contribution in [2.45, 2.75) is 57.6 Å². The second-order valence-electron chi connectivity index (χ2n) is 7.13. The van der Waals surface area contributed by atoms with Crippen LogP contribution in [0.15, 0.2) is 53.4 Å². The quantitative estimate of drug-likeness (QED) is 0.643. The number of hydrogen-bond donors (Lipinski definition) is 1. The smallest absolute Gasteiger partial charge is 0.339 e. The molecule has 29 heavy (non-hydrogen) atoms. The molecule has 0 bridgehead atoms. The number of benzene rings is 2. The van der Waals surface area contributed by atoms with E-state index in [0.29, 0.717) is 6.54 Å². The fourth-order valence-corrected chi connectivity index (χ4v) is 3.57. The van der Waals surface area contributed by atoms with Gasteiger partial charge < -0.3 is 14.4 Å². The van der Waals surface area contributed by atoms with Gasteiger partial charge in [-0.1, -0.05) is 19.1 Å². The van der Waals surface area contributed by atoms with Crippen LogP contribution in [-0.2, 0) is 16.7 Å². The number of carbonyl (C=O) groups is 1. The van der Waals surface area contributed by atoms with Crippen LogP contribution in [0.4, 0.5) is 9.18 Å². The Morgan fingerprint density at radius 2 is 1.79 bits per heavy atom. The van der Waals surface area contributed by atoms with E-state index in [0.717, 1.165) is 36.2 Å². The summed E-state index contributed by atoms with van der Waals surface area (Å²) in [4.78, 5) is 14.1. The Hall–Kier alpha value is -2.61. The van der Waals surface area contributed by atoms with Gasteiger partial charge in [0.05, 0.1) is 0 Å². The second kappa shape index (κ2) is 9.73. The van der Waals surface area contributed by atoms with Crippen LogP contribution >= 0.6 is 0 Å². The van der Waals surface area contributed by atoms with Crippen LogP contribution in [0.5, 0.6) is 5.75 Å². The zero-order chi connectivity index (χ0) is 21.6. The molecule has 1 N–H and O–H groups in total. The monoisotopic (exact) mass is 422 g/mol. The number of rotatable bonds is 8. The average Bonchev–Trinajstić information content (AvgIpc) is 2.65. The molecule has 2 aromatic rings. The van der Waals surface area contributed by atoms with Gasteiger partial charge in [0.1, 0.15) is 16.5 Å². The van der Waals surface area contributed by atoms with E-state index in [1.54, 1.807) is 23.1 Å². The summed E-state index contributed by atoms with van der Waals surface area (Å²) in [6, 6.07) is 10.8. The van der Waals surface area contributed by atoms with Crippen LogP contribution in [0, 0.1) is 5.82 Å². The van der Waals surface area contributed by atoms with Crippen molar-refractivity contribution < 1.29 is 21.8 Å². The molecule has 0 aromatic heterocycles. The van der Waals surface area contributed by atoms with Gasteiger partial charge in [0.15, 0.2) is 0 Å². The second-order valence-corrected chi connectivity index (χ2v) is 8.67. The lowest BCUT2D eigenvalue weighted by Gasteiger charge is -2.30. The van der Waals surface area contributed by atoms with Gasteiger partial charge in [-0.15, -0.1) is 0 Å². The first-order chi connectivity index (χ1) is 13.6. The molecule has 0 fully saturated rings. The maximum Gasteiger partial charge on any atom is 0.339 e. The molecule has 0 saturated carbocycles. The molecule has 0 aliphatic rings. The fourth-order valence-electron chi connectivity index (χ4n) is 2.65. The summed E-state index contributed by atoms with van der Waals surface area (Å²) in [6.07, 6.45) is 0.778. The number of halogens is 1. The summed E-state index contributed by atoms with van der Waals surface area (Å²) >= 11 is 0. The topological polar surface area (TPSA) is 75.7 Å². The van der Waals surface area contributed by atoms with Crippen molar-refractivity contribution >= 4 is 16.1 Å². The molecule has 2 amide bonds. The third kappa shape index (κ3) is 6.45. The van der Waals surface area contributed by atoms with E-state index in [9.17, 15) is 17.6 Å². The van der Waals surface area contributed by atoms with Crippen LogP contribution in [0.2, 0.25) is 0 Å². The summed E-state index contributed by atoms with van der Waals surface area (Å²) in [6.45, 7) is 8.04. The maximum atomic E-state index is 13.0. The maximum absolute atomic E-state index is 13.0. The van der Waals surface area contributed by atoms with Crippen molar-refractivity contribution in [2.24, 2.45) is 0 Å². The average molecular weight is 423 g/mol. The summed E-state index contributed by atoms with van der Waals surface area (Å²) in [5, 5.41) is 2.89. The zero-order valence-electron chi connectivity index (χ0n) is 17.1. The molecule has 0 aliphatic heterocycles. The lowest BCUT2D eigenvalue weighted by molar-refractivity contribution is 0.171. The van der Waals surface area contributed by atoms with Crippen LogP contribution in [-0.4, -0.2) is 31.4 Å². The standard InChI is InChI=1S/C21H27FN2O4S/c1-5-16(4)24(21(25)23-15(2)3)14-17-7-6-8-19(13-17)28-29(26,27)20-11-9-18(22)10-12-20/h6-13,15-16H,5,14H2,1-4H3,(H,23,25). The van der Waals surface area contributed by atoms with Gasteiger partial charge in [-0.3, -0.25) is 0 Å². The molecule has 2 aromatic carbocycles. The third-order valence-electron chi connectivity index (χ3n) is 4.36. The Balaban J connectivity index is 2.21. The highest BCUT2D eigenvalue weighted by Gasteiger charge is 2.21. The minimum Gasteiger partial charge on any atom is -0.379 e. The first-order valence-electron chi connectivity index (χ1n) is 9.48. The minimum absolute atomic E-state index is 0.00118. The van der Waals surface area contributed by atoms with Gasteiger partial charge >= 0.3 is 16.1 Å². The van der Waals surface area contributed by atoms with Crippen LogP contribution in [0.3, 0.4) is 0 Å². The molecular weight excluding hydrogens is 395 g/mol. The fraction of sp³-hybridized carbons (Fsp3) is 0.381. The summed E-state index contributed by atoms with van der Waals surface area (Å²) in [5.74, 6) is -0.407. The number of nitrogens with zero attached hydrogens (tertiary/aromatic N) is 1. The van der Waals surface area contributed by atoms with E-state index in [1.165, 1.54) is 6.07 Å². The Labute approximate surface area is 171 Å². The Bertz CT molecular complexity index is 930. The molecule has 0 heterocycles. The van der Waals surface area contributed by atoms with Gasteiger partial charge in [-0.2, -0.15) is 8.42 Å². The minimum atomic E-state index is -4.09. The van der Waals surface area contributed by atoms with Crippen LogP contribution < -0.4 is 9.50 Å². The molecule has 6 nitrogen and oxygen atoms in total. The molecule has 2 rings (SSSR count). The molecule has 0 saturated heterocycles. The summed E-state index contributed by atoms with van der Waals surface area (Å²) < 4.78 is 43.1. The first kappa shape index (κ1) is 22.7. The SMILES string of the molecule is CCC(C)N(Cc1cccc(OS(=O)(=O)c2ccc(F)cc2)c1)C(=O)NC(C)C. The van der Waals surface area contributed by atoms with Gasteiger partial charge in [-0.25, -0.2) is 9.18 Å². The van der Waals surface area contributed by atoms with E-state index in [2.05, 4.69) is 5.32 Å². The molecular formula is C21H27FN2O4S. The van der Waals surface area contributed by atoms with E-state index >= 15 is 0 Å². The van der Waals surface area contributed by atoms with E-state index in [4.69, 9.17) is 4.18 Å². The highest BCUT2D eigenvalue weighted by atomic mass is 32.2. The zero-order valence-corrected chi connectivity index (χ0v) is 17.9. The Kier molecular flexibility index (Phi) is 7.61. The molecule has 1 atom stereocenters. The predicted octanol–water partition coefficient (Wildman–Crippen LogP) is 4.31. The normalized spacial score (nSPS) is 12.5. The van der Waals surface area contributed by atoms with Crippen molar-refractivity contribution in [3.05, 3.63) is 59.9 Å². The number of amides is 2. The van der Waals surface area contributed by atoms with Gasteiger partial charge in [0, 0.05) is 18.6 Å². The molecule has 8 heteroatoms. The Morgan fingerprint density at radius 1 is 1.14 bits per heavy atom. The van der Waals surface area contributed by atoms with Crippen molar-refractivity contribution in [1.29, 1.82) is 0 Å². The van der Waals surface area contributed by atoms with E-state index < -0.39 is 15.9 Å². The van der Waals surface area contributed by atoms with Gasteiger partial charge in [-0.05, 0) is 69.2 Å². The summed E-state index contributed by atoms with van der Waals surface area (Å²) in [7, 11) is -4.09. The highest BCUT2D eigenvalue weighted by molar-refractivity contribution is 7.87. The largest absolute Gasteiger partial charge is 0.379 e. The van der Waals surface area contributed by atoms with Crippen LogP contribution in [0.25, 0.3) is 0 Å². The summed E-state index contributed by atoms with van der Waals surface area (Å²) in [5.41, 5.74) is 0.732. The van der Waals surface area contributed by atoms with Crippen LogP contribution in [0.1, 0.15) is 39.7 Å². The van der Waals surface area contributed by atoms with Crippen molar-refractivity contribution in [2.75, 3.05) is 0 Å². The molecule has 0 aliphatic carbocycles. The molecule has 0 radical (unpaired) electrons. The Morgan fingerprint density at radius 3 is 2.38 bits per heavy atom. The van der Waals surface area contributed by atoms with E-state index in [1.807, 2.05) is 27.7 Å². The lowest BCUT2D eigenvalue weighted by atomic mass is 10.1. The lowest BCUT2D eigenvalue weighted by Crippen LogP contribution is -2.46. The number of hydrogen-bond acceptors (Lipinski definition) is 4. The van der Waals surface area contributed by atoms with Gasteiger partial charge in [0.2, 0.25) is 0 Å². The van der Waals surface area contributed by atoms with Gasteiger partial charge in [0.25, 0.3) is 0 Å². The molecule has 158 valence electrons.